The third-order valence-corrected chi connectivity index (χ3v) is 3.33. The molecule has 0 radical (unpaired) electrons. The molecule has 2 heteroatoms. The normalized spacial score (nSPS) is 20.5. The van der Waals surface area contributed by atoms with Crippen LogP contribution in [0.1, 0.15) is 32.8 Å². The van der Waals surface area contributed by atoms with Crippen LogP contribution >= 0.6 is 0 Å². The van der Waals surface area contributed by atoms with E-state index in [4.69, 9.17) is 4.74 Å². The molecule has 1 N–H and O–H groups in total. The maximum Gasteiger partial charge on any atom is 0.123 e. The van der Waals surface area contributed by atoms with E-state index in [2.05, 4.69) is 50.4 Å². The van der Waals surface area contributed by atoms with Gasteiger partial charge in [0, 0.05) is 12.5 Å². The monoisotopic (exact) mass is 233 g/mol. The summed E-state index contributed by atoms with van der Waals surface area (Å²) in [6, 6.07) is 8.40. The van der Waals surface area contributed by atoms with Gasteiger partial charge in [0.15, 0.2) is 0 Å². The number of benzene rings is 1. The summed E-state index contributed by atoms with van der Waals surface area (Å²) in [5.74, 6) is 1.72. The summed E-state index contributed by atoms with van der Waals surface area (Å²) < 4.78 is 6.01. The van der Waals surface area contributed by atoms with Gasteiger partial charge in [-0.05, 0) is 30.0 Å². The van der Waals surface area contributed by atoms with Crippen molar-refractivity contribution in [1.82, 2.24) is 5.32 Å². The highest BCUT2D eigenvalue weighted by atomic mass is 16.5. The Morgan fingerprint density at radius 2 is 2.06 bits per heavy atom. The highest BCUT2D eigenvalue weighted by Gasteiger charge is 2.20. The van der Waals surface area contributed by atoms with Crippen molar-refractivity contribution in [2.75, 3.05) is 19.7 Å². The minimum Gasteiger partial charge on any atom is -0.493 e. The molecule has 1 aromatic rings. The number of nitrogens with one attached hydrogen (secondary N) is 1. The second kappa shape index (κ2) is 5.09. The van der Waals surface area contributed by atoms with Gasteiger partial charge in [0.05, 0.1) is 6.61 Å². The molecule has 0 spiro atoms. The number of rotatable bonds is 3. The van der Waals surface area contributed by atoms with E-state index in [0.717, 1.165) is 25.4 Å². The minimum atomic E-state index is 0.143. The van der Waals surface area contributed by atoms with Crippen LogP contribution in [0.2, 0.25) is 0 Å². The summed E-state index contributed by atoms with van der Waals surface area (Å²) in [7, 11) is 0. The lowest BCUT2D eigenvalue weighted by Gasteiger charge is -2.23. The number of ether oxygens (including phenoxy) is 1. The molecular formula is C15H23NO. The van der Waals surface area contributed by atoms with Gasteiger partial charge in [-0.15, -0.1) is 0 Å². The first-order valence-corrected chi connectivity index (χ1v) is 6.50. The van der Waals surface area contributed by atoms with Crippen LogP contribution in [-0.4, -0.2) is 19.7 Å². The van der Waals surface area contributed by atoms with Crippen molar-refractivity contribution in [1.29, 1.82) is 0 Å². The molecule has 1 heterocycles. The van der Waals surface area contributed by atoms with Crippen molar-refractivity contribution in [3.63, 3.8) is 0 Å². The average Bonchev–Trinajstić information content (AvgIpc) is 2.78. The maximum absolute atomic E-state index is 6.01. The number of para-hydroxylation sites is 1. The molecule has 17 heavy (non-hydrogen) atoms. The number of hydrogen-bond donors (Lipinski definition) is 1. The molecule has 1 saturated heterocycles. The van der Waals surface area contributed by atoms with E-state index >= 15 is 0 Å². The summed E-state index contributed by atoms with van der Waals surface area (Å²) in [5, 5.41) is 3.37. The lowest BCUT2D eigenvalue weighted by Crippen LogP contribution is -2.18. The second-order valence-electron chi connectivity index (χ2n) is 5.92. The molecule has 0 saturated carbocycles. The van der Waals surface area contributed by atoms with Crippen molar-refractivity contribution in [2.45, 2.75) is 32.6 Å². The quantitative estimate of drug-likeness (QED) is 0.866. The highest BCUT2D eigenvalue weighted by molar-refractivity contribution is 5.38. The third kappa shape index (κ3) is 3.22. The van der Waals surface area contributed by atoms with Gasteiger partial charge >= 0.3 is 0 Å². The van der Waals surface area contributed by atoms with Crippen LogP contribution in [0.3, 0.4) is 0 Å². The van der Waals surface area contributed by atoms with Crippen molar-refractivity contribution in [2.24, 2.45) is 5.92 Å². The van der Waals surface area contributed by atoms with Gasteiger partial charge in [-0.1, -0.05) is 39.0 Å². The largest absolute Gasteiger partial charge is 0.493 e. The Labute approximate surface area is 104 Å². The van der Waals surface area contributed by atoms with E-state index in [0.29, 0.717) is 5.92 Å². The van der Waals surface area contributed by atoms with Crippen LogP contribution in [-0.2, 0) is 5.41 Å². The number of hydrogen-bond acceptors (Lipinski definition) is 2. The molecule has 2 nitrogen and oxygen atoms in total. The Bertz CT molecular complexity index is 361. The molecule has 0 unspecified atom stereocenters. The van der Waals surface area contributed by atoms with Gasteiger partial charge in [0.25, 0.3) is 0 Å². The van der Waals surface area contributed by atoms with Gasteiger partial charge in [0.2, 0.25) is 0 Å². The first-order valence-electron chi connectivity index (χ1n) is 6.50. The highest BCUT2D eigenvalue weighted by Crippen LogP contribution is 2.31. The molecule has 2 rings (SSSR count). The Morgan fingerprint density at radius 3 is 2.71 bits per heavy atom. The smallest absolute Gasteiger partial charge is 0.123 e. The van der Waals surface area contributed by atoms with Gasteiger partial charge in [-0.3, -0.25) is 0 Å². The lowest BCUT2D eigenvalue weighted by atomic mass is 9.86. The molecule has 0 bridgehead atoms. The predicted molar refractivity (Wildman–Crippen MR) is 71.6 cm³/mol. The van der Waals surface area contributed by atoms with Crippen LogP contribution in [0.25, 0.3) is 0 Å². The second-order valence-corrected chi connectivity index (χ2v) is 5.92. The standard InChI is InChI=1S/C15H23NO/c1-15(2,3)13-6-4-5-7-14(13)17-11-12-8-9-16-10-12/h4-7,12,16H,8-11H2,1-3H3/t12-/m1/s1. The molecule has 1 atom stereocenters. The average molecular weight is 233 g/mol. The zero-order valence-corrected chi connectivity index (χ0v) is 11.1. The lowest BCUT2D eigenvalue weighted by molar-refractivity contribution is 0.254. The van der Waals surface area contributed by atoms with E-state index in [-0.39, 0.29) is 5.41 Å². The molecule has 94 valence electrons. The fourth-order valence-electron chi connectivity index (χ4n) is 2.28. The van der Waals surface area contributed by atoms with Gasteiger partial charge in [-0.2, -0.15) is 0 Å². The van der Waals surface area contributed by atoms with E-state index in [1.807, 2.05) is 0 Å². The zero-order valence-electron chi connectivity index (χ0n) is 11.1. The van der Waals surface area contributed by atoms with E-state index in [1.54, 1.807) is 0 Å². The summed E-state index contributed by atoms with van der Waals surface area (Å²) in [5.41, 5.74) is 1.44. The van der Waals surface area contributed by atoms with Crippen molar-refractivity contribution in [3.05, 3.63) is 29.8 Å². The molecular weight excluding hydrogens is 210 g/mol. The fourth-order valence-corrected chi connectivity index (χ4v) is 2.28. The molecule has 0 amide bonds. The topological polar surface area (TPSA) is 21.3 Å². The minimum absolute atomic E-state index is 0.143. The Morgan fingerprint density at radius 1 is 1.29 bits per heavy atom. The Balaban J connectivity index is 2.04. The molecule has 0 aromatic heterocycles. The van der Waals surface area contributed by atoms with Crippen molar-refractivity contribution in [3.8, 4) is 5.75 Å². The molecule has 1 aliphatic rings. The van der Waals surface area contributed by atoms with Crippen LogP contribution in [0.15, 0.2) is 24.3 Å². The van der Waals surface area contributed by atoms with Crippen LogP contribution in [0, 0.1) is 5.92 Å². The summed E-state index contributed by atoms with van der Waals surface area (Å²) >= 11 is 0. The van der Waals surface area contributed by atoms with E-state index < -0.39 is 0 Å². The summed E-state index contributed by atoms with van der Waals surface area (Å²) in [4.78, 5) is 0. The van der Waals surface area contributed by atoms with Crippen molar-refractivity contribution < 1.29 is 4.74 Å². The maximum atomic E-state index is 6.01. The first-order chi connectivity index (χ1) is 8.07. The molecule has 1 aliphatic heterocycles. The van der Waals surface area contributed by atoms with E-state index in [9.17, 15) is 0 Å². The predicted octanol–water partition coefficient (Wildman–Crippen LogP) is 2.97. The molecule has 0 aliphatic carbocycles. The fraction of sp³-hybridized carbons (Fsp3) is 0.600. The van der Waals surface area contributed by atoms with Gasteiger partial charge in [-0.25, -0.2) is 0 Å². The molecule has 1 aromatic carbocycles. The first kappa shape index (κ1) is 12.4. The van der Waals surface area contributed by atoms with Crippen LogP contribution in [0.4, 0.5) is 0 Å². The third-order valence-electron chi connectivity index (χ3n) is 3.33. The Hall–Kier alpha value is -1.02. The van der Waals surface area contributed by atoms with Gasteiger partial charge in [0.1, 0.15) is 5.75 Å². The zero-order chi connectivity index (χ0) is 12.3. The SMILES string of the molecule is CC(C)(C)c1ccccc1OC[C@@H]1CCNC1. The van der Waals surface area contributed by atoms with Crippen LogP contribution in [0.5, 0.6) is 5.75 Å². The van der Waals surface area contributed by atoms with Crippen molar-refractivity contribution >= 4 is 0 Å². The van der Waals surface area contributed by atoms with Crippen LogP contribution < -0.4 is 10.1 Å². The molecule has 1 fully saturated rings. The van der Waals surface area contributed by atoms with E-state index in [1.165, 1.54) is 12.0 Å². The van der Waals surface area contributed by atoms with Gasteiger partial charge < -0.3 is 10.1 Å². The summed E-state index contributed by atoms with van der Waals surface area (Å²) in [6.45, 7) is 9.75. The Kier molecular flexibility index (Phi) is 3.72. The summed E-state index contributed by atoms with van der Waals surface area (Å²) in [6.07, 6.45) is 1.23.